The number of allylic oxidation sites excluding steroid dienone is 3. The lowest BCUT2D eigenvalue weighted by Gasteiger charge is -2.23. The Morgan fingerprint density at radius 3 is 2.63 bits per heavy atom. The van der Waals surface area contributed by atoms with E-state index in [1.54, 1.807) is 18.0 Å². The Kier molecular flexibility index (Phi) is 7.01. The standard InChI is InChI=1S/C21H20O4S2/c1-15(22)26-14-19(23)16-7-9-18(10-8-16)21(17-5-3-2-4-6-17)27-20-13-24-11-12-25-20/h2-3,5,7-13,21H,4,6,14H2,1H3. The molecule has 2 aliphatic rings. The molecule has 0 spiro atoms. The fourth-order valence-electron chi connectivity index (χ4n) is 2.71. The van der Waals surface area contributed by atoms with Crippen LogP contribution in [-0.2, 0) is 14.3 Å². The highest BCUT2D eigenvalue weighted by Crippen LogP contribution is 2.43. The van der Waals surface area contributed by atoms with E-state index in [4.69, 9.17) is 9.47 Å². The molecule has 27 heavy (non-hydrogen) atoms. The van der Waals surface area contributed by atoms with E-state index < -0.39 is 0 Å². The van der Waals surface area contributed by atoms with Crippen molar-refractivity contribution in [2.45, 2.75) is 25.0 Å². The molecule has 1 heterocycles. The number of ketones is 1. The van der Waals surface area contributed by atoms with Gasteiger partial charge in [-0.15, -0.1) is 0 Å². The highest BCUT2D eigenvalue weighted by Gasteiger charge is 2.22. The van der Waals surface area contributed by atoms with Gasteiger partial charge in [-0.1, -0.05) is 71.6 Å². The topological polar surface area (TPSA) is 52.6 Å². The van der Waals surface area contributed by atoms with Crippen LogP contribution >= 0.6 is 23.5 Å². The molecule has 0 saturated heterocycles. The first-order chi connectivity index (χ1) is 13.1. The zero-order valence-corrected chi connectivity index (χ0v) is 16.6. The molecule has 1 aliphatic heterocycles. The Bertz CT molecular complexity index is 819. The summed E-state index contributed by atoms with van der Waals surface area (Å²) in [6.07, 6.45) is 13.0. The quantitative estimate of drug-likeness (QED) is 0.562. The van der Waals surface area contributed by atoms with E-state index in [-0.39, 0.29) is 21.9 Å². The first-order valence-corrected chi connectivity index (χ1v) is 10.5. The molecule has 1 aliphatic carbocycles. The second-order valence-electron chi connectivity index (χ2n) is 5.99. The molecule has 0 N–H and O–H groups in total. The third kappa shape index (κ3) is 5.65. The van der Waals surface area contributed by atoms with Gasteiger partial charge < -0.3 is 9.47 Å². The van der Waals surface area contributed by atoms with Crippen LogP contribution in [0.2, 0.25) is 0 Å². The fraction of sp³-hybridized carbons (Fsp3) is 0.238. The highest BCUT2D eigenvalue weighted by molar-refractivity contribution is 8.14. The van der Waals surface area contributed by atoms with Gasteiger partial charge in [0.25, 0.3) is 0 Å². The first-order valence-electron chi connectivity index (χ1n) is 8.59. The van der Waals surface area contributed by atoms with Crippen LogP contribution in [0, 0.1) is 0 Å². The Morgan fingerprint density at radius 1 is 1.19 bits per heavy atom. The third-order valence-corrected chi connectivity index (χ3v) is 6.09. The van der Waals surface area contributed by atoms with Crippen molar-refractivity contribution in [2.75, 3.05) is 5.75 Å². The molecule has 0 radical (unpaired) electrons. The average Bonchev–Trinajstić information content (AvgIpc) is 2.72. The van der Waals surface area contributed by atoms with Gasteiger partial charge in [0, 0.05) is 12.5 Å². The van der Waals surface area contributed by atoms with Gasteiger partial charge in [0.1, 0.15) is 18.8 Å². The summed E-state index contributed by atoms with van der Waals surface area (Å²) >= 11 is 2.62. The van der Waals surface area contributed by atoms with E-state index in [1.807, 2.05) is 24.3 Å². The van der Waals surface area contributed by atoms with Gasteiger partial charge in [0.05, 0.1) is 11.0 Å². The van der Waals surface area contributed by atoms with Crippen molar-refractivity contribution < 1.29 is 19.1 Å². The molecule has 1 atom stereocenters. The van der Waals surface area contributed by atoms with Gasteiger partial charge in [0.2, 0.25) is 0 Å². The van der Waals surface area contributed by atoms with E-state index in [9.17, 15) is 9.59 Å². The summed E-state index contributed by atoms with van der Waals surface area (Å²) in [5.74, 6) is 0.135. The summed E-state index contributed by atoms with van der Waals surface area (Å²) < 4.78 is 10.7. The minimum Gasteiger partial charge on any atom is -0.465 e. The van der Waals surface area contributed by atoms with Crippen molar-refractivity contribution in [1.82, 2.24) is 0 Å². The molecule has 1 aromatic rings. The van der Waals surface area contributed by atoms with Gasteiger partial charge in [-0.25, -0.2) is 0 Å². The smallest absolute Gasteiger partial charge is 0.196 e. The number of hydrogen-bond donors (Lipinski definition) is 0. The molecule has 0 bridgehead atoms. The third-order valence-electron chi connectivity index (χ3n) is 4.04. The number of Topliss-reactive ketones (excluding diaryl/α,β-unsaturated/α-hetero) is 1. The number of hydrogen-bond acceptors (Lipinski definition) is 6. The Labute approximate surface area is 167 Å². The lowest BCUT2D eigenvalue weighted by molar-refractivity contribution is -0.109. The zero-order chi connectivity index (χ0) is 19.1. The van der Waals surface area contributed by atoms with Crippen molar-refractivity contribution in [2.24, 2.45) is 0 Å². The Balaban J connectivity index is 1.78. The van der Waals surface area contributed by atoms with Crippen LogP contribution < -0.4 is 0 Å². The first kappa shape index (κ1) is 19.6. The molecule has 1 aromatic carbocycles. The predicted molar refractivity (Wildman–Crippen MR) is 110 cm³/mol. The second kappa shape index (κ2) is 9.67. The van der Waals surface area contributed by atoms with Crippen LogP contribution in [0.4, 0.5) is 0 Å². The number of thioether (sulfide) groups is 2. The average molecular weight is 401 g/mol. The van der Waals surface area contributed by atoms with Crippen LogP contribution in [0.15, 0.2) is 71.9 Å². The number of carbonyl (C=O) groups excluding carboxylic acids is 2. The molecule has 0 fully saturated rings. The lowest BCUT2D eigenvalue weighted by Crippen LogP contribution is -2.06. The Hall–Kier alpha value is -2.18. The summed E-state index contributed by atoms with van der Waals surface area (Å²) in [6, 6.07) is 7.61. The zero-order valence-electron chi connectivity index (χ0n) is 14.9. The molecule has 140 valence electrons. The van der Waals surface area contributed by atoms with E-state index in [0.717, 1.165) is 30.2 Å². The van der Waals surface area contributed by atoms with Gasteiger partial charge in [-0.3, -0.25) is 9.59 Å². The largest absolute Gasteiger partial charge is 0.465 e. The van der Waals surface area contributed by atoms with Crippen molar-refractivity contribution in [3.05, 3.63) is 83.1 Å². The van der Waals surface area contributed by atoms with E-state index in [1.165, 1.54) is 25.0 Å². The van der Waals surface area contributed by atoms with Gasteiger partial charge in [-0.05, 0) is 18.4 Å². The molecular weight excluding hydrogens is 380 g/mol. The maximum absolute atomic E-state index is 12.2. The predicted octanol–water partition coefficient (Wildman–Crippen LogP) is 5.52. The van der Waals surface area contributed by atoms with Crippen molar-refractivity contribution in [3.63, 3.8) is 0 Å². The van der Waals surface area contributed by atoms with E-state index in [2.05, 4.69) is 18.2 Å². The summed E-state index contributed by atoms with van der Waals surface area (Å²) in [5, 5.41) is 0.716. The molecule has 3 rings (SSSR count). The van der Waals surface area contributed by atoms with Crippen LogP contribution in [0.25, 0.3) is 0 Å². The maximum atomic E-state index is 12.2. The normalized spacial score (nSPS) is 16.6. The summed E-state index contributed by atoms with van der Waals surface area (Å²) in [7, 11) is 0. The van der Waals surface area contributed by atoms with Crippen LogP contribution in [-0.4, -0.2) is 16.7 Å². The molecule has 0 aromatic heterocycles. The maximum Gasteiger partial charge on any atom is 0.196 e. The molecule has 6 heteroatoms. The van der Waals surface area contributed by atoms with Crippen LogP contribution in [0.5, 0.6) is 0 Å². The molecular formula is C21H20O4S2. The highest BCUT2D eigenvalue weighted by atomic mass is 32.2. The number of ether oxygens (including phenoxy) is 2. The summed E-state index contributed by atoms with van der Waals surface area (Å²) in [5.41, 5.74) is 3.01. The minimum atomic E-state index is -0.0502. The van der Waals surface area contributed by atoms with Gasteiger partial charge in [0.15, 0.2) is 16.0 Å². The van der Waals surface area contributed by atoms with Crippen LogP contribution in [0.1, 0.15) is 40.9 Å². The lowest BCUT2D eigenvalue weighted by atomic mass is 9.96. The molecule has 0 amide bonds. The fourth-order valence-corrected chi connectivity index (χ4v) is 4.31. The molecule has 0 saturated carbocycles. The summed E-state index contributed by atoms with van der Waals surface area (Å²) in [4.78, 5) is 23.2. The number of rotatable bonds is 7. The number of benzene rings is 1. The molecule has 1 unspecified atom stereocenters. The van der Waals surface area contributed by atoms with Gasteiger partial charge in [-0.2, -0.15) is 0 Å². The number of carbonyl (C=O) groups is 2. The van der Waals surface area contributed by atoms with Crippen LogP contribution in [0.3, 0.4) is 0 Å². The van der Waals surface area contributed by atoms with E-state index in [0.29, 0.717) is 10.7 Å². The monoisotopic (exact) mass is 400 g/mol. The molecule has 4 nitrogen and oxygen atoms in total. The second-order valence-corrected chi connectivity index (χ2v) is 8.26. The van der Waals surface area contributed by atoms with E-state index >= 15 is 0 Å². The van der Waals surface area contributed by atoms with Crippen molar-refractivity contribution in [3.8, 4) is 0 Å². The van der Waals surface area contributed by atoms with Gasteiger partial charge >= 0.3 is 0 Å². The minimum absolute atomic E-state index is 0.0392. The Morgan fingerprint density at radius 2 is 2.00 bits per heavy atom. The SMILES string of the molecule is CC(=O)SCC(=O)c1ccc(C(SC2=COC=CO2)C2=CC=CCC2)cc1. The van der Waals surface area contributed by atoms with Crippen molar-refractivity contribution in [1.29, 1.82) is 0 Å². The summed E-state index contributed by atoms with van der Waals surface area (Å²) in [6.45, 7) is 1.47. The van der Waals surface area contributed by atoms with Crippen molar-refractivity contribution >= 4 is 34.4 Å².